The van der Waals surface area contributed by atoms with Crippen molar-refractivity contribution in [1.82, 2.24) is 10.6 Å². The Bertz CT molecular complexity index is 1270. The number of ether oxygens (including phenoxy) is 2. The first-order valence-corrected chi connectivity index (χ1v) is 15.7. The molecule has 3 aromatic carbocycles. The van der Waals surface area contributed by atoms with Crippen molar-refractivity contribution < 1.29 is 27.4 Å². The van der Waals surface area contributed by atoms with Gasteiger partial charge in [-0.25, -0.2) is 0 Å². The molecule has 0 unspecified atom stereocenters. The lowest BCUT2D eigenvalue weighted by Crippen LogP contribution is -2.53. The molecule has 1 saturated heterocycles. The molecule has 3 aromatic rings. The van der Waals surface area contributed by atoms with Crippen molar-refractivity contribution in [2.75, 3.05) is 49.7 Å². The molecule has 0 aliphatic carbocycles. The number of hydrogen-bond acceptors (Lipinski definition) is 6. The molecule has 45 heavy (non-hydrogen) atoms. The summed E-state index contributed by atoms with van der Waals surface area (Å²) in [5, 5.41) is 9.07. The number of anilines is 2. The predicted molar refractivity (Wildman–Crippen MR) is 172 cm³/mol. The molecular weight excluding hydrogens is 581 g/mol. The topological polar surface area (TPSA) is 74.9 Å². The van der Waals surface area contributed by atoms with E-state index in [0.717, 1.165) is 30.0 Å². The van der Waals surface area contributed by atoms with Crippen LogP contribution in [-0.2, 0) is 20.9 Å². The first-order valence-electron chi connectivity index (χ1n) is 15.7. The van der Waals surface area contributed by atoms with Crippen LogP contribution in [0.4, 0.5) is 24.5 Å². The lowest BCUT2D eigenvalue weighted by atomic mass is 9.99. The second-order valence-electron chi connectivity index (χ2n) is 11.8. The number of rotatable bonds is 16. The van der Waals surface area contributed by atoms with E-state index in [0.29, 0.717) is 39.4 Å². The van der Waals surface area contributed by atoms with E-state index >= 15 is 0 Å². The normalized spacial score (nSPS) is 15.8. The molecule has 0 radical (unpaired) electrons. The van der Waals surface area contributed by atoms with Crippen LogP contribution in [0.15, 0.2) is 84.9 Å². The maximum Gasteiger partial charge on any atom is 0.407 e. The van der Waals surface area contributed by atoms with E-state index in [1.54, 1.807) is 18.2 Å². The Labute approximate surface area is 264 Å². The Morgan fingerprint density at radius 2 is 1.58 bits per heavy atom. The zero-order chi connectivity index (χ0) is 32.1. The minimum atomic E-state index is -4.57. The fraction of sp³-hybridized carbons (Fsp3) is 0.457. The molecule has 1 fully saturated rings. The average molecular weight is 627 g/mol. The number of alkyl halides is 3. The number of carbonyl (C=O) groups is 1. The zero-order valence-corrected chi connectivity index (χ0v) is 26.1. The van der Waals surface area contributed by atoms with Gasteiger partial charge in [0.15, 0.2) is 0 Å². The average Bonchev–Trinajstić information content (AvgIpc) is 3.04. The molecule has 0 aromatic heterocycles. The van der Waals surface area contributed by atoms with Crippen LogP contribution in [0.2, 0.25) is 0 Å². The van der Waals surface area contributed by atoms with Gasteiger partial charge in [0.25, 0.3) is 0 Å². The highest BCUT2D eigenvalue weighted by atomic mass is 19.4. The zero-order valence-electron chi connectivity index (χ0n) is 26.1. The lowest BCUT2D eigenvalue weighted by molar-refractivity contribution is -0.161. The second kappa shape index (κ2) is 17.2. The van der Waals surface area contributed by atoms with Crippen molar-refractivity contribution in [3.8, 4) is 0 Å². The largest absolute Gasteiger partial charge is 0.407 e. The van der Waals surface area contributed by atoms with Gasteiger partial charge < -0.3 is 25.0 Å². The predicted octanol–water partition coefficient (Wildman–Crippen LogP) is 6.33. The molecule has 1 aliphatic heterocycles. The summed E-state index contributed by atoms with van der Waals surface area (Å²) in [6.45, 7) is 8.06. The van der Waals surface area contributed by atoms with Gasteiger partial charge in [-0.1, -0.05) is 74.5 Å². The molecule has 1 heterocycles. The SMILES string of the molecule is CC(C)C[C@H](N[C@@H](c1ccccc1)C(F)(F)F)C(=O)N[C@@H](CCOCc1ccccc1)CNc1ccc(N2CCOCC2)cc1. The van der Waals surface area contributed by atoms with E-state index in [2.05, 4.69) is 20.9 Å². The maximum atomic E-state index is 14.2. The third kappa shape index (κ3) is 11.4. The summed E-state index contributed by atoms with van der Waals surface area (Å²) in [7, 11) is 0. The van der Waals surface area contributed by atoms with Crippen LogP contribution < -0.4 is 20.9 Å². The number of carbonyl (C=O) groups excluding carboxylic acids is 1. The number of benzene rings is 3. The van der Waals surface area contributed by atoms with E-state index in [1.165, 1.54) is 12.1 Å². The fourth-order valence-corrected chi connectivity index (χ4v) is 5.32. The quantitative estimate of drug-likeness (QED) is 0.161. The van der Waals surface area contributed by atoms with Gasteiger partial charge in [0.2, 0.25) is 5.91 Å². The third-order valence-corrected chi connectivity index (χ3v) is 7.72. The summed E-state index contributed by atoms with van der Waals surface area (Å²) in [5.74, 6) is -0.472. The van der Waals surface area contributed by atoms with Crippen LogP contribution in [0.1, 0.15) is 43.9 Å². The number of morpholine rings is 1. The fourth-order valence-electron chi connectivity index (χ4n) is 5.32. The molecule has 3 N–H and O–H groups in total. The third-order valence-electron chi connectivity index (χ3n) is 7.72. The molecule has 244 valence electrons. The summed E-state index contributed by atoms with van der Waals surface area (Å²) in [4.78, 5) is 15.9. The molecular formula is C35H45F3N4O3. The Kier molecular flexibility index (Phi) is 13.1. The number of nitrogens with one attached hydrogen (secondary N) is 3. The van der Waals surface area contributed by atoms with E-state index in [1.807, 2.05) is 68.4 Å². The number of hydrogen-bond donors (Lipinski definition) is 3. The van der Waals surface area contributed by atoms with Crippen LogP contribution >= 0.6 is 0 Å². The highest BCUT2D eigenvalue weighted by Gasteiger charge is 2.43. The van der Waals surface area contributed by atoms with Crippen LogP contribution in [-0.4, -0.2) is 63.6 Å². The van der Waals surface area contributed by atoms with Gasteiger partial charge in [-0.3, -0.25) is 10.1 Å². The number of halogens is 3. The van der Waals surface area contributed by atoms with Crippen molar-refractivity contribution in [1.29, 1.82) is 0 Å². The molecule has 0 saturated carbocycles. The molecule has 4 rings (SSSR count). The van der Waals surface area contributed by atoms with Gasteiger partial charge in [0.1, 0.15) is 6.04 Å². The van der Waals surface area contributed by atoms with E-state index < -0.39 is 24.2 Å². The van der Waals surface area contributed by atoms with Crippen molar-refractivity contribution in [2.24, 2.45) is 5.92 Å². The van der Waals surface area contributed by atoms with E-state index in [9.17, 15) is 18.0 Å². The molecule has 0 bridgehead atoms. The highest BCUT2D eigenvalue weighted by Crippen LogP contribution is 2.33. The Balaban J connectivity index is 1.43. The smallest absolute Gasteiger partial charge is 0.383 e. The molecule has 7 nitrogen and oxygen atoms in total. The van der Waals surface area contributed by atoms with Gasteiger partial charge >= 0.3 is 6.18 Å². The van der Waals surface area contributed by atoms with Crippen molar-refractivity contribution in [2.45, 2.75) is 57.6 Å². The molecule has 1 aliphatic rings. The first kappa shape index (κ1) is 34.3. The van der Waals surface area contributed by atoms with Crippen molar-refractivity contribution >= 4 is 17.3 Å². The monoisotopic (exact) mass is 626 g/mol. The van der Waals surface area contributed by atoms with Gasteiger partial charge in [0.05, 0.1) is 25.9 Å². The summed E-state index contributed by atoms with van der Waals surface area (Å²) in [5.41, 5.74) is 3.11. The van der Waals surface area contributed by atoms with Crippen LogP contribution in [0, 0.1) is 5.92 Å². The van der Waals surface area contributed by atoms with Crippen LogP contribution in [0.25, 0.3) is 0 Å². The first-order chi connectivity index (χ1) is 21.7. The molecule has 10 heteroatoms. The number of amides is 1. The Hall–Kier alpha value is -3.60. The maximum absolute atomic E-state index is 14.2. The van der Waals surface area contributed by atoms with E-state index in [-0.39, 0.29) is 23.9 Å². The summed E-state index contributed by atoms with van der Waals surface area (Å²) >= 11 is 0. The van der Waals surface area contributed by atoms with Gasteiger partial charge in [-0.05, 0) is 54.2 Å². The standard InChI is InChI=1S/C35H45F3N4O3/c1-26(2)23-32(41-33(35(36,37)38)28-11-7-4-8-12-28)34(43)40-30(17-20-45-25-27-9-5-3-6-10-27)24-39-29-13-15-31(16-14-29)42-18-21-44-22-19-42/h3-16,26,30,32-33,39,41H,17-25H2,1-2H3,(H,40,43)/t30-,32-,33-/m0/s1. The summed E-state index contributed by atoms with van der Waals surface area (Å²) in [6.07, 6.45) is -3.84. The van der Waals surface area contributed by atoms with Crippen molar-refractivity contribution in [3.63, 3.8) is 0 Å². The molecule has 0 spiro atoms. The highest BCUT2D eigenvalue weighted by molar-refractivity contribution is 5.82. The van der Waals surface area contributed by atoms with Crippen LogP contribution in [0.3, 0.4) is 0 Å². The molecule has 1 amide bonds. The van der Waals surface area contributed by atoms with Gasteiger partial charge in [0, 0.05) is 43.7 Å². The summed E-state index contributed by atoms with van der Waals surface area (Å²) < 4.78 is 53.9. The van der Waals surface area contributed by atoms with Gasteiger partial charge in [-0.15, -0.1) is 0 Å². The van der Waals surface area contributed by atoms with E-state index in [4.69, 9.17) is 9.47 Å². The minimum Gasteiger partial charge on any atom is -0.383 e. The van der Waals surface area contributed by atoms with Gasteiger partial charge in [-0.2, -0.15) is 13.2 Å². The Morgan fingerprint density at radius 3 is 2.20 bits per heavy atom. The minimum absolute atomic E-state index is 0.00586. The Morgan fingerprint density at radius 1 is 0.933 bits per heavy atom. The number of nitrogens with zero attached hydrogens (tertiary/aromatic N) is 1. The summed E-state index contributed by atoms with van der Waals surface area (Å²) in [6, 6.07) is 22.1. The molecule has 3 atom stereocenters. The second-order valence-corrected chi connectivity index (χ2v) is 11.8. The van der Waals surface area contributed by atoms with Crippen LogP contribution in [0.5, 0.6) is 0 Å². The van der Waals surface area contributed by atoms with Crippen molar-refractivity contribution in [3.05, 3.63) is 96.1 Å². The lowest BCUT2D eigenvalue weighted by Gasteiger charge is -2.30.